The highest BCUT2D eigenvalue weighted by Gasteiger charge is 2.36. The third kappa shape index (κ3) is 4.04. The highest BCUT2D eigenvalue weighted by molar-refractivity contribution is 6.04. The lowest BCUT2D eigenvalue weighted by molar-refractivity contribution is -0.0382. The molecule has 0 unspecified atom stereocenters. The minimum Gasteiger partial charge on any atom is -0.358 e. The molecule has 2 heterocycles. The summed E-state index contributed by atoms with van der Waals surface area (Å²) in [4.78, 5) is 19.6. The average molecular weight is 395 g/mol. The van der Waals surface area contributed by atoms with Gasteiger partial charge in [0.05, 0.1) is 22.8 Å². The van der Waals surface area contributed by atoms with Gasteiger partial charge >= 0.3 is 6.03 Å². The molecule has 2 amide bonds. The molecule has 0 atom stereocenters. The molecule has 4 rings (SSSR count). The van der Waals surface area contributed by atoms with Crippen molar-refractivity contribution in [1.29, 1.82) is 5.26 Å². The van der Waals surface area contributed by atoms with Gasteiger partial charge in [0.2, 0.25) is 5.92 Å². The standard InChI is InChI=1S/C21H19F2N5O/c22-21(23)7-5-13(6-8-21)16-4-3-15(10-14(16)11-24)27-20(29)28-18-12-26-17-2-1-9-25-19(17)18/h1-4,9-10,12-13,26H,5-8H2,(H2,27,28,29). The molecular formula is C21H19F2N5O. The van der Waals surface area contributed by atoms with E-state index in [9.17, 15) is 18.8 Å². The van der Waals surface area contributed by atoms with Gasteiger partial charge in [-0.25, -0.2) is 13.6 Å². The smallest absolute Gasteiger partial charge is 0.323 e. The van der Waals surface area contributed by atoms with Crippen molar-refractivity contribution >= 4 is 28.4 Å². The molecular weight excluding hydrogens is 376 g/mol. The van der Waals surface area contributed by atoms with E-state index in [-0.39, 0.29) is 18.8 Å². The highest BCUT2D eigenvalue weighted by atomic mass is 19.3. The Labute approximate surface area is 165 Å². The van der Waals surface area contributed by atoms with Crippen LogP contribution in [0.3, 0.4) is 0 Å². The molecule has 3 N–H and O–H groups in total. The van der Waals surface area contributed by atoms with Crippen LogP contribution in [0.1, 0.15) is 42.7 Å². The lowest BCUT2D eigenvalue weighted by Gasteiger charge is -2.29. The summed E-state index contributed by atoms with van der Waals surface area (Å²) in [7, 11) is 0. The number of nitrogens with zero attached hydrogens (tertiary/aromatic N) is 2. The summed E-state index contributed by atoms with van der Waals surface area (Å²) in [6, 6.07) is 10.3. The van der Waals surface area contributed by atoms with Crippen LogP contribution < -0.4 is 10.6 Å². The van der Waals surface area contributed by atoms with Crippen molar-refractivity contribution in [2.24, 2.45) is 0 Å². The van der Waals surface area contributed by atoms with Gasteiger partial charge in [-0.05, 0) is 48.6 Å². The summed E-state index contributed by atoms with van der Waals surface area (Å²) < 4.78 is 26.8. The van der Waals surface area contributed by atoms with Crippen LogP contribution in [0, 0.1) is 11.3 Å². The molecule has 0 radical (unpaired) electrons. The minimum absolute atomic E-state index is 0.0653. The number of rotatable bonds is 3. The number of amides is 2. The zero-order valence-corrected chi connectivity index (χ0v) is 15.5. The van der Waals surface area contributed by atoms with E-state index in [1.165, 1.54) is 0 Å². The minimum atomic E-state index is -2.61. The van der Waals surface area contributed by atoms with Gasteiger partial charge in [-0.3, -0.25) is 4.98 Å². The van der Waals surface area contributed by atoms with Crippen molar-refractivity contribution in [3.63, 3.8) is 0 Å². The molecule has 2 aromatic heterocycles. The Balaban J connectivity index is 1.46. The number of H-pyrrole nitrogens is 1. The number of carbonyl (C=O) groups is 1. The van der Waals surface area contributed by atoms with Gasteiger partial charge in [-0.15, -0.1) is 0 Å². The number of hydrogen-bond acceptors (Lipinski definition) is 3. The topological polar surface area (TPSA) is 93.6 Å². The number of fused-ring (bicyclic) bond motifs is 1. The SMILES string of the molecule is N#Cc1cc(NC(=O)Nc2c[nH]c3cccnc23)ccc1C1CCC(F)(F)CC1. The molecule has 1 saturated carbocycles. The number of halogens is 2. The van der Waals surface area contributed by atoms with Crippen LogP contribution in [0.25, 0.3) is 11.0 Å². The van der Waals surface area contributed by atoms with E-state index in [2.05, 4.69) is 26.7 Å². The number of nitrogens with one attached hydrogen (secondary N) is 3. The molecule has 3 aromatic rings. The lowest BCUT2D eigenvalue weighted by Crippen LogP contribution is -2.24. The lowest BCUT2D eigenvalue weighted by atomic mass is 9.80. The Morgan fingerprint density at radius 3 is 2.79 bits per heavy atom. The molecule has 148 valence electrons. The van der Waals surface area contributed by atoms with Crippen LogP contribution >= 0.6 is 0 Å². The molecule has 0 spiro atoms. The van der Waals surface area contributed by atoms with Crippen molar-refractivity contribution < 1.29 is 13.6 Å². The van der Waals surface area contributed by atoms with Gasteiger partial charge in [0.25, 0.3) is 0 Å². The third-order valence-electron chi connectivity index (χ3n) is 5.27. The summed E-state index contributed by atoms with van der Waals surface area (Å²) >= 11 is 0. The Morgan fingerprint density at radius 1 is 1.24 bits per heavy atom. The molecule has 0 aliphatic heterocycles. The maximum atomic E-state index is 13.4. The first-order valence-electron chi connectivity index (χ1n) is 9.37. The number of urea groups is 1. The first-order valence-corrected chi connectivity index (χ1v) is 9.37. The number of hydrogen-bond donors (Lipinski definition) is 3. The van der Waals surface area contributed by atoms with Crippen LogP contribution in [0.5, 0.6) is 0 Å². The number of carbonyl (C=O) groups excluding carboxylic acids is 1. The number of pyridine rings is 1. The quantitative estimate of drug-likeness (QED) is 0.556. The molecule has 1 aliphatic rings. The van der Waals surface area contributed by atoms with E-state index in [0.717, 1.165) is 11.1 Å². The van der Waals surface area contributed by atoms with Crippen LogP contribution in [0.4, 0.5) is 25.0 Å². The molecule has 1 aromatic carbocycles. The van der Waals surface area contributed by atoms with Crippen molar-refractivity contribution in [2.45, 2.75) is 37.5 Å². The molecule has 8 heteroatoms. The van der Waals surface area contributed by atoms with E-state index in [1.807, 2.05) is 6.07 Å². The number of benzene rings is 1. The van der Waals surface area contributed by atoms with Crippen molar-refractivity contribution in [1.82, 2.24) is 9.97 Å². The van der Waals surface area contributed by atoms with Crippen LogP contribution in [0.15, 0.2) is 42.7 Å². The molecule has 1 fully saturated rings. The first-order chi connectivity index (χ1) is 13.9. The second kappa shape index (κ2) is 7.51. The maximum absolute atomic E-state index is 13.4. The number of nitriles is 1. The van der Waals surface area contributed by atoms with Crippen molar-refractivity contribution in [3.8, 4) is 6.07 Å². The van der Waals surface area contributed by atoms with E-state index in [1.54, 1.807) is 36.7 Å². The molecule has 29 heavy (non-hydrogen) atoms. The van der Waals surface area contributed by atoms with Gasteiger partial charge in [-0.1, -0.05) is 6.07 Å². The number of alkyl halides is 2. The Morgan fingerprint density at radius 2 is 2.03 bits per heavy atom. The second-order valence-electron chi connectivity index (χ2n) is 7.23. The molecule has 0 bridgehead atoms. The van der Waals surface area contributed by atoms with Crippen LogP contribution in [-0.4, -0.2) is 21.9 Å². The number of aromatic amines is 1. The van der Waals surface area contributed by atoms with Gasteiger partial charge in [0.15, 0.2) is 0 Å². The predicted octanol–water partition coefficient (Wildman–Crippen LogP) is 5.37. The largest absolute Gasteiger partial charge is 0.358 e. The average Bonchev–Trinajstić information content (AvgIpc) is 3.11. The van der Waals surface area contributed by atoms with Crippen LogP contribution in [0.2, 0.25) is 0 Å². The first kappa shape index (κ1) is 18.9. The van der Waals surface area contributed by atoms with Crippen LogP contribution in [-0.2, 0) is 0 Å². The molecule has 6 nitrogen and oxygen atoms in total. The van der Waals surface area contributed by atoms with Gasteiger partial charge in [0, 0.05) is 30.9 Å². The van der Waals surface area contributed by atoms with E-state index < -0.39 is 12.0 Å². The van der Waals surface area contributed by atoms with Gasteiger partial charge in [0.1, 0.15) is 5.52 Å². The monoisotopic (exact) mass is 395 g/mol. The summed E-state index contributed by atoms with van der Waals surface area (Å²) in [5.74, 6) is -2.68. The molecule has 0 saturated heterocycles. The highest BCUT2D eigenvalue weighted by Crippen LogP contribution is 2.42. The predicted molar refractivity (Wildman–Crippen MR) is 106 cm³/mol. The van der Waals surface area contributed by atoms with E-state index in [0.29, 0.717) is 35.3 Å². The Hall–Kier alpha value is -3.47. The zero-order chi connectivity index (χ0) is 20.4. The Bertz CT molecular complexity index is 1090. The van der Waals surface area contributed by atoms with E-state index in [4.69, 9.17) is 0 Å². The fourth-order valence-electron chi connectivity index (χ4n) is 3.77. The fraction of sp³-hybridized carbons (Fsp3) is 0.286. The fourth-order valence-corrected chi connectivity index (χ4v) is 3.77. The van der Waals surface area contributed by atoms with Crippen molar-refractivity contribution in [3.05, 3.63) is 53.9 Å². The Kier molecular flexibility index (Phi) is 4.89. The normalized spacial score (nSPS) is 16.3. The van der Waals surface area contributed by atoms with Gasteiger partial charge < -0.3 is 15.6 Å². The summed E-state index contributed by atoms with van der Waals surface area (Å²) in [5, 5.41) is 14.9. The number of aromatic nitrogens is 2. The second-order valence-corrected chi connectivity index (χ2v) is 7.23. The molecule has 1 aliphatic carbocycles. The van der Waals surface area contributed by atoms with Gasteiger partial charge in [-0.2, -0.15) is 5.26 Å². The van der Waals surface area contributed by atoms with Crippen molar-refractivity contribution in [2.75, 3.05) is 10.6 Å². The van der Waals surface area contributed by atoms with E-state index >= 15 is 0 Å². The summed E-state index contributed by atoms with van der Waals surface area (Å²) in [5.41, 5.74) is 3.60. The summed E-state index contributed by atoms with van der Waals surface area (Å²) in [6.45, 7) is 0. The third-order valence-corrected chi connectivity index (χ3v) is 5.27. The maximum Gasteiger partial charge on any atom is 0.323 e. The summed E-state index contributed by atoms with van der Waals surface area (Å²) in [6.07, 6.45) is 3.66. The number of anilines is 2. The zero-order valence-electron chi connectivity index (χ0n) is 15.5.